The first-order valence-corrected chi connectivity index (χ1v) is 20.3. The van der Waals surface area contributed by atoms with E-state index in [0.29, 0.717) is 23.1 Å². The number of rotatable bonds is 6. The summed E-state index contributed by atoms with van der Waals surface area (Å²) in [6, 6.07) is 34.0. The van der Waals surface area contributed by atoms with Crippen LogP contribution in [0.3, 0.4) is 0 Å². The van der Waals surface area contributed by atoms with Gasteiger partial charge >= 0.3 is 22.8 Å². The maximum Gasteiger partial charge on any atom is 0.460 e. The first kappa shape index (κ1) is 30.6. The minimum absolute atomic E-state index is 0.263. The predicted molar refractivity (Wildman–Crippen MR) is 194 cm³/mol. The van der Waals surface area contributed by atoms with Crippen molar-refractivity contribution in [3.05, 3.63) is 145 Å². The number of aromatic nitrogens is 4. The van der Waals surface area contributed by atoms with E-state index in [-0.39, 0.29) is 11.8 Å². The fourth-order valence-electron chi connectivity index (χ4n) is 5.70. The summed E-state index contributed by atoms with van der Waals surface area (Å²) in [5, 5.41) is 0. The van der Waals surface area contributed by atoms with Crippen LogP contribution in [0.4, 0.5) is 23.0 Å². The van der Waals surface area contributed by atoms with E-state index in [2.05, 4.69) is 9.97 Å². The van der Waals surface area contributed by atoms with E-state index >= 15 is 0 Å². The fraction of sp³-hybridized carbons (Fsp3) is 0.0588. The molecule has 6 aromatic rings. The third-order valence-electron chi connectivity index (χ3n) is 7.78. The number of hydrogen-bond acceptors (Lipinski definition) is 13. The Kier molecular flexibility index (Phi) is 7.24. The molecule has 3 aliphatic heterocycles. The van der Waals surface area contributed by atoms with Crippen molar-refractivity contribution in [1.29, 1.82) is 0 Å². The number of aryl methyl sites for hydroxylation is 2. The quantitative estimate of drug-likeness (QED) is 0.153. The van der Waals surface area contributed by atoms with Gasteiger partial charge in [-0.25, -0.2) is 29.3 Å². The minimum atomic E-state index is -3.93. The van der Waals surface area contributed by atoms with Crippen molar-refractivity contribution < 1.29 is 18.1 Å². The maximum atomic E-state index is 6.98. The van der Waals surface area contributed by atoms with E-state index in [1.54, 1.807) is 24.8 Å². The Labute approximate surface area is 288 Å². The molecule has 0 radical (unpaired) electrons. The molecule has 2 unspecified atom stereocenters. The molecule has 7 heterocycles. The van der Waals surface area contributed by atoms with Crippen LogP contribution in [0, 0.1) is 13.8 Å². The van der Waals surface area contributed by atoms with Gasteiger partial charge in [-0.15, -0.1) is 13.5 Å². The van der Waals surface area contributed by atoms with Gasteiger partial charge in [-0.05, 0) is 85.6 Å². The van der Waals surface area contributed by atoms with E-state index in [1.165, 1.54) is 0 Å². The molecule has 248 valence electrons. The van der Waals surface area contributed by atoms with Gasteiger partial charge in [0.1, 0.15) is 11.6 Å². The molecule has 0 saturated heterocycles. The Balaban J connectivity index is 1.41. The molecular weight excluding hydrogens is 691 g/mol. The smallest absolute Gasteiger partial charge is 0.424 e. The zero-order chi connectivity index (χ0) is 33.8. The Morgan fingerprint density at radius 3 is 1.46 bits per heavy atom. The first-order valence-electron chi connectivity index (χ1n) is 15.6. The van der Waals surface area contributed by atoms with Crippen LogP contribution in [0.1, 0.15) is 11.1 Å². The number of nitrogens with zero attached hydrogens (tertiary/aromatic N) is 9. The zero-order valence-corrected chi connectivity index (χ0v) is 29.4. The SMILES string of the molecule is Cc1ccnc(OP2(Oc3cc(C)ccn3)=NP3(=NP4(=N2)Oc2ccccc2N4c2ccccn2)Oc2ccccc2N3c2ccccn2)c1. The highest BCUT2D eigenvalue weighted by Gasteiger charge is 2.56. The lowest BCUT2D eigenvalue weighted by Crippen LogP contribution is -2.18. The second-order valence-corrected chi connectivity index (χ2v) is 18.1. The maximum absolute atomic E-state index is 6.98. The molecule has 16 heteroatoms. The third kappa shape index (κ3) is 5.22. The monoisotopic (exact) mass is 719 g/mol. The number of hydrogen-bond donors (Lipinski definition) is 0. The molecule has 2 aromatic carbocycles. The Morgan fingerprint density at radius 1 is 0.500 bits per heavy atom. The van der Waals surface area contributed by atoms with Gasteiger partial charge < -0.3 is 18.1 Å². The molecule has 2 atom stereocenters. The van der Waals surface area contributed by atoms with Crippen molar-refractivity contribution in [2.45, 2.75) is 13.8 Å². The van der Waals surface area contributed by atoms with Gasteiger partial charge in [0.25, 0.3) is 0 Å². The highest BCUT2D eigenvalue weighted by Crippen LogP contribution is 2.85. The lowest BCUT2D eigenvalue weighted by Gasteiger charge is -2.35. The van der Waals surface area contributed by atoms with Crippen molar-refractivity contribution in [3.8, 4) is 23.3 Å². The Bertz CT molecular complexity index is 2300. The summed E-state index contributed by atoms with van der Waals surface area (Å²) in [7, 11) is -11.2. The van der Waals surface area contributed by atoms with Crippen LogP contribution in [0.25, 0.3) is 0 Å². The molecule has 0 amide bonds. The van der Waals surface area contributed by atoms with Crippen molar-refractivity contribution in [2.24, 2.45) is 13.5 Å². The minimum Gasteiger partial charge on any atom is -0.424 e. The van der Waals surface area contributed by atoms with Gasteiger partial charge in [-0.3, -0.25) is 0 Å². The summed E-state index contributed by atoms with van der Waals surface area (Å²) >= 11 is 0. The van der Waals surface area contributed by atoms with Crippen LogP contribution in [0.15, 0.2) is 148 Å². The van der Waals surface area contributed by atoms with Crippen LogP contribution in [0.2, 0.25) is 0 Å². The standard InChI is InChI=1S/C34H28N9O4P3/c1-25-17-21-37-33(23-25)46-50(47-34-24-26(2)18-22-38-34)40-48(42(31-15-7-9-19-35-31)27-11-3-5-13-29(27)44-48)39-49(41-50)43(32-16-8-10-20-36-32)28-12-4-6-14-30(28)45-49/h3-24H,1-2H3. The fourth-order valence-corrected chi connectivity index (χ4v) is 16.5. The van der Waals surface area contributed by atoms with Gasteiger partial charge in [0, 0.05) is 36.9 Å². The van der Waals surface area contributed by atoms with Crippen LogP contribution >= 0.6 is 22.8 Å². The molecule has 0 bridgehead atoms. The van der Waals surface area contributed by atoms with E-state index in [4.69, 9.17) is 41.6 Å². The van der Waals surface area contributed by atoms with Gasteiger partial charge in [-0.2, -0.15) is 0 Å². The van der Waals surface area contributed by atoms with Crippen LogP contribution in [-0.4, -0.2) is 19.9 Å². The lowest BCUT2D eigenvalue weighted by atomic mass is 10.3. The summed E-state index contributed by atoms with van der Waals surface area (Å²) in [5.74, 6) is 2.80. The number of para-hydroxylation sites is 4. The average Bonchev–Trinajstić information content (AvgIpc) is 3.58. The summed E-state index contributed by atoms with van der Waals surface area (Å²) in [6.07, 6.45) is 6.77. The Hall–Kier alpha value is -5.47. The van der Waals surface area contributed by atoms with E-state index in [9.17, 15) is 0 Å². The van der Waals surface area contributed by atoms with E-state index in [0.717, 1.165) is 22.5 Å². The zero-order valence-electron chi connectivity index (χ0n) is 26.7. The molecule has 2 spiro atoms. The van der Waals surface area contributed by atoms with Crippen molar-refractivity contribution in [3.63, 3.8) is 0 Å². The molecule has 9 rings (SSSR count). The second kappa shape index (κ2) is 11.8. The summed E-state index contributed by atoms with van der Waals surface area (Å²) in [4.78, 5) is 18.6. The largest absolute Gasteiger partial charge is 0.460 e. The highest BCUT2D eigenvalue weighted by molar-refractivity contribution is 7.83. The van der Waals surface area contributed by atoms with Crippen LogP contribution in [-0.2, 0) is 0 Å². The Morgan fingerprint density at radius 2 is 0.980 bits per heavy atom. The topological polar surface area (TPSA) is 132 Å². The molecule has 0 saturated carbocycles. The van der Waals surface area contributed by atoms with Crippen LogP contribution < -0.4 is 27.4 Å². The summed E-state index contributed by atoms with van der Waals surface area (Å²) in [6.45, 7) is 3.91. The average molecular weight is 720 g/mol. The van der Waals surface area contributed by atoms with E-state index < -0.39 is 22.8 Å². The molecule has 0 aliphatic carbocycles. The predicted octanol–water partition coefficient (Wildman–Crippen LogP) is 10.7. The van der Waals surface area contributed by atoms with Gasteiger partial charge in [0.05, 0.1) is 11.4 Å². The molecular formula is C34H28N9O4P3. The molecule has 4 aromatic heterocycles. The van der Waals surface area contributed by atoms with Crippen LogP contribution in [0.5, 0.6) is 23.3 Å². The molecule has 13 nitrogen and oxygen atoms in total. The van der Waals surface area contributed by atoms with Gasteiger partial charge in [0.2, 0.25) is 11.8 Å². The van der Waals surface area contributed by atoms with Gasteiger partial charge in [0.15, 0.2) is 11.5 Å². The molecule has 50 heavy (non-hydrogen) atoms. The number of fused-ring (bicyclic) bond motifs is 2. The third-order valence-corrected chi connectivity index (χ3v) is 16.9. The van der Waals surface area contributed by atoms with E-state index in [1.807, 2.05) is 132 Å². The first-order chi connectivity index (χ1) is 24.4. The second-order valence-electron chi connectivity index (χ2n) is 11.4. The molecule has 0 N–H and O–H groups in total. The number of benzene rings is 2. The molecule has 3 aliphatic rings. The van der Waals surface area contributed by atoms with Crippen molar-refractivity contribution in [1.82, 2.24) is 19.9 Å². The molecule has 0 fully saturated rings. The lowest BCUT2D eigenvalue weighted by molar-refractivity contribution is 0.455. The highest BCUT2D eigenvalue weighted by atomic mass is 31.3. The number of anilines is 4. The normalized spacial score (nSPS) is 20.8. The number of pyridine rings is 4. The van der Waals surface area contributed by atoms with Gasteiger partial charge in [-0.1, -0.05) is 36.4 Å². The summed E-state index contributed by atoms with van der Waals surface area (Å²) in [5.41, 5.74) is 3.32. The van der Waals surface area contributed by atoms with Crippen molar-refractivity contribution >= 4 is 45.8 Å². The van der Waals surface area contributed by atoms with Crippen molar-refractivity contribution in [2.75, 3.05) is 9.34 Å². The summed E-state index contributed by atoms with van der Waals surface area (Å²) < 4.78 is 47.9.